The molecule has 1 aromatic carbocycles. The summed E-state index contributed by atoms with van der Waals surface area (Å²) in [6, 6.07) is 7.80. The van der Waals surface area contributed by atoms with Crippen LogP contribution in [-0.4, -0.2) is 47.9 Å². The Morgan fingerprint density at radius 2 is 1.62 bits per heavy atom. The van der Waals surface area contributed by atoms with E-state index in [1.165, 1.54) is 5.56 Å². The molecule has 5 heteroatoms. The lowest BCUT2D eigenvalue weighted by Gasteiger charge is -2.32. The summed E-state index contributed by atoms with van der Waals surface area (Å²) < 4.78 is 0. The van der Waals surface area contributed by atoms with E-state index in [4.69, 9.17) is 0 Å². The maximum absolute atomic E-state index is 12.3. The smallest absolute Gasteiger partial charge is 0.321 e. The minimum Gasteiger partial charge on any atom is -0.343 e. The van der Waals surface area contributed by atoms with E-state index < -0.39 is 0 Å². The third-order valence-electron chi connectivity index (χ3n) is 5.13. The molecule has 3 amide bonds. The van der Waals surface area contributed by atoms with E-state index in [-0.39, 0.29) is 6.03 Å². The van der Waals surface area contributed by atoms with Gasteiger partial charge in [-0.25, -0.2) is 4.79 Å². The van der Waals surface area contributed by atoms with Gasteiger partial charge in [0.05, 0.1) is 0 Å². The van der Waals surface area contributed by atoms with Gasteiger partial charge in [-0.05, 0) is 50.7 Å². The Morgan fingerprint density at radius 3 is 2.25 bits per heavy atom. The number of carbonyl (C=O) groups excluding carboxylic acids is 2. The molecule has 0 spiro atoms. The summed E-state index contributed by atoms with van der Waals surface area (Å²) in [4.78, 5) is 28.4. The monoisotopic (exact) mass is 329 g/mol. The third-order valence-corrected chi connectivity index (χ3v) is 5.13. The van der Waals surface area contributed by atoms with Crippen LogP contribution in [0, 0.1) is 12.8 Å². The Bertz CT molecular complexity index is 571. The zero-order valence-electron chi connectivity index (χ0n) is 14.5. The fraction of sp³-hybridized carbons (Fsp3) is 0.579. The van der Waals surface area contributed by atoms with Crippen molar-refractivity contribution in [3.8, 4) is 0 Å². The summed E-state index contributed by atoms with van der Waals surface area (Å²) >= 11 is 0. The van der Waals surface area contributed by atoms with Crippen LogP contribution in [0.1, 0.15) is 37.7 Å². The van der Waals surface area contributed by atoms with Gasteiger partial charge in [-0.15, -0.1) is 0 Å². The Hall–Kier alpha value is -2.04. The van der Waals surface area contributed by atoms with E-state index >= 15 is 0 Å². The second-order valence-corrected chi connectivity index (χ2v) is 7.02. The lowest BCUT2D eigenvalue weighted by Crippen LogP contribution is -2.42. The van der Waals surface area contributed by atoms with Gasteiger partial charge in [-0.1, -0.05) is 17.7 Å². The summed E-state index contributed by atoms with van der Waals surface area (Å²) in [5, 5.41) is 2.95. The summed E-state index contributed by atoms with van der Waals surface area (Å²) in [5.41, 5.74) is 2.01. The Balaban J connectivity index is 1.43. The fourth-order valence-corrected chi connectivity index (χ4v) is 3.52. The van der Waals surface area contributed by atoms with Crippen LogP contribution < -0.4 is 5.32 Å². The molecule has 1 aromatic rings. The number of piperidine rings is 1. The topological polar surface area (TPSA) is 52.7 Å². The molecule has 5 nitrogen and oxygen atoms in total. The average molecular weight is 329 g/mol. The first-order chi connectivity index (χ1) is 11.6. The summed E-state index contributed by atoms with van der Waals surface area (Å²) in [7, 11) is 0. The van der Waals surface area contributed by atoms with Crippen molar-refractivity contribution in [2.24, 2.45) is 5.92 Å². The van der Waals surface area contributed by atoms with Crippen molar-refractivity contribution in [3.63, 3.8) is 0 Å². The SMILES string of the molecule is Cc1ccc(NC(=O)N2CCC(CC(=O)N3CCCC3)CC2)cc1. The Labute approximate surface area is 144 Å². The van der Waals surface area contributed by atoms with Gasteiger partial charge in [-0.2, -0.15) is 0 Å². The summed E-state index contributed by atoms with van der Waals surface area (Å²) in [6.45, 7) is 5.35. The number of anilines is 1. The highest BCUT2D eigenvalue weighted by molar-refractivity contribution is 5.89. The Kier molecular flexibility index (Phi) is 5.38. The van der Waals surface area contributed by atoms with Crippen LogP contribution in [0.25, 0.3) is 0 Å². The molecule has 2 heterocycles. The number of urea groups is 1. The number of carbonyl (C=O) groups is 2. The zero-order chi connectivity index (χ0) is 16.9. The molecule has 0 unspecified atom stereocenters. The van der Waals surface area contributed by atoms with Gasteiger partial charge in [-0.3, -0.25) is 4.79 Å². The molecular weight excluding hydrogens is 302 g/mol. The highest BCUT2D eigenvalue weighted by Gasteiger charge is 2.27. The molecule has 130 valence electrons. The van der Waals surface area contributed by atoms with Gasteiger partial charge in [0.1, 0.15) is 0 Å². The van der Waals surface area contributed by atoms with Crippen LogP contribution in [-0.2, 0) is 4.79 Å². The number of hydrogen-bond acceptors (Lipinski definition) is 2. The summed E-state index contributed by atoms with van der Waals surface area (Å²) in [6.07, 6.45) is 4.77. The molecule has 2 aliphatic rings. The van der Waals surface area contributed by atoms with Crippen LogP contribution in [0.2, 0.25) is 0 Å². The summed E-state index contributed by atoms with van der Waals surface area (Å²) in [5.74, 6) is 0.719. The van der Waals surface area contributed by atoms with Gasteiger partial charge >= 0.3 is 6.03 Å². The molecule has 0 bridgehead atoms. The molecule has 0 saturated carbocycles. The lowest BCUT2D eigenvalue weighted by molar-refractivity contribution is -0.131. The second kappa shape index (κ2) is 7.69. The maximum Gasteiger partial charge on any atom is 0.321 e. The minimum atomic E-state index is -0.0387. The molecule has 0 atom stereocenters. The predicted octanol–water partition coefficient (Wildman–Crippen LogP) is 3.25. The average Bonchev–Trinajstić information content (AvgIpc) is 3.12. The molecule has 0 aliphatic carbocycles. The molecule has 2 fully saturated rings. The van der Waals surface area contributed by atoms with E-state index in [1.807, 2.05) is 41.0 Å². The second-order valence-electron chi connectivity index (χ2n) is 7.02. The quantitative estimate of drug-likeness (QED) is 0.925. The number of nitrogens with zero attached hydrogens (tertiary/aromatic N) is 2. The number of benzene rings is 1. The number of likely N-dealkylation sites (tertiary alicyclic amines) is 2. The number of nitrogens with one attached hydrogen (secondary N) is 1. The number of aryl methyl sites for hydroxylation is 1. The highest BCUT2D eigenvalue weighted by Crippen LogP contribution is 2.23. The van der Waals surface area contributed by atoms with Crippen molar-refractivity contribution in [1.82, 2.24) is 9.80 Å². The van der Waals surface area contributed by atoms with Crippen LogP contribution >= 0.6 is 0 Å². The van der Waals surface area contributed by atoms with Crippen molar-refractivity contribution in [1.29, 1.82) is 0 Å². The zero-order valence-corrected chi connectivity index (χ0v) is 14.5. The third kappa shape index (κ3) is 4.28. The van der Waals surface area contributed by atoms with Crippen LogP contribution in [0.4, 0.5) is 10.5 Å². The number of hydrogen-bond donors (Lipinski definition) is 1. The molecular formula is C19H27N3O2. The van der Waals surface area contributed by atoms with E-state index in [9.17, 15) is 9.59 Å². The molecule has 0 radical (unpaired) electrons. The van der Waals surface area contributed by atoms with Gasteiger partial charge in [0.2, 0.25) is 5.91 Å². The van der Waals surface area contributed by atoms with Crippen LogP contribution in [0.5, 0.6) is 0 Å². The fourth-order valence-electron chi connectivity index (χ4n) is 3.52. The molecule has 1 N–H and O–H groups in total. The van der Waals surface area contributed by atoms with Gasteiger partial charge < -0.3 is 15.1 Å². The first-order valence-electron chi connectivity index (χ1n) is 9.02. The van der Waals surface area contributed by atoms with Crippen molar-refractivity contribution < 1.29 is 9.59 Å². The van der Waals surface area contributed by atoms with Crippen molar-refractivity contribution in [3.05, 3.63) is 29.8 Å². The molecule has 0 aromatic heterocycles. The van der Waals surface area contributed by atoms with Gasteiger partial charge in [0, 0.05) is 38.3 Å². The molecule has 2 aliphatic heterocycles. The van der Waals surface area contributed by atoms with Crippen molar-refractivity contribution >= 4 is 17.6 Å². The van der Waals surface area contributed by atoms with E-state index in [0.29, 0.717) is 18.2 Å². The van der Waals surface area contributed by atoms with E-state index in [2.05, 4.69) is 5.32 Å². The standard InChI is InChI=1S/C19H27N3O2/c1-15-4-6-17(7-5-15)20-19(24)22-12-8-16(9-13-22)14-18(23)21-10-2-3-11-21/h4-7,16H,2-3,8-14H2,1H3,(H,20,24). The minimum absolute atomic E-state index is 0.0387. The van der Waals surface area contributed by atoms with Gasteiger partial charge in [0.25, 0.3) is 0 Å². The number of rotatable bonds is 3. The lowest BCUT2D eigenvalue weighted by atomic mass is 9.93. The first-order valence-corrected chi connectivity index (χ1v) is 9.02. The normalized spacial score (nSPS) is 18.7. The highest BCUT2D eigenvalue weighted by atomic mass is 16.2. The molecule has 2 saturated heterocycles. The van der Waals surface area contributed by atoms with Crippen molar-refractivity contribution in [2.45, 2.75) is 39.0 Å². The van der Waals surface area contributed by atoms with Crippen molar-refractivity contribution in [2.75, 3.05) is 31.5 Å². The largest absolute Gasteiger partial charge is 0.343 e. The molecule has 3 rings (SSSR count). The molecule has 24 heavy (non-hydrogen) atoms. The van der Waals surface area contributed by atoms with Crippen LogP contribution in [0.3, 0.4) is 0 Å². The predicted molar refractivity (Wildman–Crippen MR) is 94.9 cm³/mol. The van der Waals surface area contributed by atoms with Crippen LogP contribution in [0.15, 0.2) is 24.3 Å². The number of amides is 3. The van der Waals surface area contributed by atoms with E-state index in [0.717, 1.165) is 57.5 Å². The van der Waals surface area contributed by atoms with E-state index in [1.54, 1.807) is 0 Å². The first kappa shape index (κ1) is 16.8. The Morgan fingerprint density at radius 1 is 1.00 bits per heavy atom. The maximum atomic E-state index is 12.3. The van der Waals surface area contributed by atoms with Gasteiger partial charge in [0.15, 0.2) is 0 Å².